The molecule has 3 nitrogen and oxygen atoms in total. The first-order valence-corrected chi connectivity index (χ1v) is 2.96. The van der Waals surface area contributed by atoms with Crippen molar-refractivity contribution in [2.24, 2.45) is 12.2 Å². The SMILES string of the molecule is C[n+]1ccccc1C=NO.[AlH3]. The second-order valence-electron chi connectivity index (χ2n) is 1.98. The molecule has 1 rings (SSSR count). The van der Waals surface area contributed by atoms with E-state index in [4.69, 9.17) is 5.21 Å². The van der Waals surface area contributed by atoms with E-state index in [0.717, 1.165) is 5.69 Å². The molecule has 1 heterocycles. The molecule has 0 amide bonds. The maximum Gasteiger partial charge on any atom is 0.226 e. The molecule has 1 aromatic heterocycles. The van der Waals surface area contributed by atoms with Crippen LogP contribution in [0.2, 0.25) is 0 Å². The first-order chi connectivity index (χ1) is 4.84. The Morgan fingerprint density at radius 3 is 2.82 bits per heavy atom. The molecule has 0 fully saturated rings. The van der Waals surface area contributed by atoms with E-state index >= 15 is 0 Å². The number of hydrogen-bond acceptors (Lipinski definition) is 2. The van der Waals surface area contributed by atoms with Crippen LogP contribution in [0.3, 0.4) is 0 Å². The van der Waals surface area contributed by atoms with Crippen molar-refractivity contribution in [3.63, 3.8) is 0 Å². The van der Waals surface area contributed by atoms with Gasteiger partial charge in [0, 0.05) is 12.1 Å². The Bertz CT molecular complexity index is 250. The van der Waals surface area contributed by atoms with Gasteiger partial charge in [-0.3, -0.25) is 0 Å². The van der Waals surface area contributed by atoms with Crippen molar-refractivity contribution in [1.82, 2.24) is 0 Å². The maximum atomic E-state index is 8.20. The second-order valence-corrected chi connectivity index (χ2v) is 1.98. The number of nitrogens with zero attached hydrogens (tertiary/aromatic N) is 2. The zero-order valence-corrected chi connectivity index (χ0v) is 5.73. The summed E-state index contributed by atoms with van der Waals surface area (Å²) in [6.45, 7) is 0. The molecule has 0 saturated heterocycles. The van der Waals surface area contributed by atoms with Crippen LogP contribution in [0.5, 0.6) is 0 Å². The molecule has 0 aromatic carbocycles. The van der Waals surface area contributed by atoms with Gasteiger partial charge in [-0.05, 0) is 6.07 Å². The first-order valence-electron chi connectivity index (χ1n) is 2.96. The fourth-order valence-corrected chi connectivity index (χ4v) is 0.730. The third-order valence-corrected chi connectivity index (χ3v) is 1.29. The monoisotopic (exact) mass is 167 g/mol. The van der Waals surface area contributed by atoms with Crippen LogP contribution in [0.25, 0.3) is 0 Å². The zero-order chi connectivity index (χ0) is 7.40. The van der Waals surface area contributed by atoms with Crippen molar-refractivity contribution in [3.8, 4) is 0 Å². The maximum absolute atomic E-state index is 8.20. The fourth-order valence-electron chi connectivity index (χ4n) is 0.730. The molecule has 58 valence electrons. The molecule has 0 atom stereocenters. The summed E-state index contributed by atoms with van der Waals surface area (Å²) in [5, 5.41) is 11.1. The number of hydrogen-bond donors (Lipinski definition) is 1. The number of pyridine rings is 1. The van der Waals surface area contributed by atoms with Crippen LogP contribution in [-0.4, -0.2) is 28.8 Å². The summed E-state index contributed by atoms with van der Waals surface area (Å²) in [5.74, 6) is 0. The lowest BCUT2D eigenvalue weighted by atomic mass is 10.4. The summed E-state index contributed by atoms with van der Waals surface area (Å²) in [6.07, 6.45) is 3.27. The van der Waals surface area contributed by atoms with E-state index < -0.39 is 0 Å². The van der Waals surface area contributed by atoms with Crippen LogP contribution >= 0.6 is 0 Å². The second kappa shape index (κ2) is 4.89. The van der Waals surface area contributed by atoms with Gasteiger partial charge in [0.2, 0.25) is 5.69 Å². The molecule has 0 radical (unpaired) electrons. The van der Waals surface area contributed by atoms with Gasteiger partial charge in [-0.15, -0.1) is 0 Å². The van der Waals surface area contributed by atoms with Crippen molar-refractivity contribution >= 4 is 23.6 Å². The average Bonchev–Trinajstić information content (AvgIpc) is 1.94. The predicted molar refractivity (Wildman–Crippen MR) is 46.9 cm³/mol. The minimum Gasteiger partial charge on any atom is -0.411 e. The minimum absolute atomic E-state index is 0. The molecular formula is C7H12AlN2O+. The van der Waals surface area contributed by atoms with Gasteiger partial charge in [0.1, 0.15) is 13.3 Å². The third-order valence-electron chi connectivity index (χ3n) is 1.29. The Hall–Kier alpha value is -0.848. The molecule has 0 spiro atoms. The number of oxime groups is 1. The number of aromatic nitrogens is 1. The number of aryl methyl sites for hydroxylation is 1. The van der Waals surface area contributed by atoms with E-state index in [9.17, 15) is 0 Å². The topological polar surface area (TPSA) is 36.5 Å². The summed E-state index contributed by atoms with van der Waals surface area (Å²) in [5.41, 5.74) is 0.866. The van der Waals surface area contributed by atoms with Gasteiger partial charge in [-0.25, -0.2) is 4.57 Å². The number of rotatable bonds is 1. The van der Waals surface area contributed by atoms with Gasteiger partial charge in [0.25, 0.3) is 0 Å². The molecule has 0 unspecified atom stereocenters. The highest BCUT2D eigenvalue weighted by molar-refractivity contribution is 5.75. The van der Waals surface area contributed by atoms with E-state index in [2.05, 4.69) is 5.16 Å². The van der Waals surface area contributed by atoms with Gasteiger partial charge in [0.15, 0.2) is 23.6 Å². The minimum atomic E-state index is 0. The molecule has 11 heavy (non-hydrogen) atoms. The van der Waals surface area contributed by atoms with E-state index in [1.807, 2.05) is 36.0 Å². The predicted octanol–water partition coefficient (Wildman–Crippen LogP) is -0.865. The Labute approximate surface area is 76.1 Å². The molecule has 0 aliphatic rings. The normalized spacial score (nSPS) is 9.55. The Kier molecular flexibility index (Phi) is 4.51. The first kappa shape index (κ1) is 10.2. The van der Waals surface area contributed by atoms with Crippen molar-refractivity contribution in [2.75, 3.05) is 0 Å². The highest BCUT2D eigenvalue weighted by Crippen LogP contribution is 1.84. The molecule has 1 aromatic rings. The van der Waals surface area contributed by atoms with Crippen molar-refractivity contribution in [3.05, 3.63) is 30.1 Å². The molecule has 0 aliphatic heterocycles. The standard InChI is InChI=1S/C7H8N2O.Al.3H/c1-9-5-3-2-4-7(9)6-8-10;;;;/h2-6H,1H3;;;;/p+1. The third kappa shape index (κ3) is 2.71. The van der Waals surface area contributed by atoms with E-state index in [0.29, 0.717) is 0 Å². The van der Waals surface area contributed by atoms with Crippen molar-refractivity contribution < 1.29 is 9.77 Å². The van der Waals surface area contributed by atoms with Crippen molar-refractivity contribution in [2.45, 2.75) is 0 Å². The van der Waals surface area contributed by atoms with Crippen LogP contribution in [0.15, 0.2) is 29.6 Å². The quantitative estimate of drug-likeness (QED) is 0.191. The van der Waals surface area contributed by atoms with E-state index in [-0.39, 0.29) is 17.4 Å². The Balaban J connectivity index is 0.000001000. The van der Waals surface area contributed by atoms with Crippen LogP contribution in [0, 0.1) is 0 Å². The van der Waals surface area contributed by atoms with Crippen LogP contribution in [0.1, 0.15) is 5.69 Å². The summed E-state index contributed by atoms with van der Waals surface area (Å²) < 4.78 is 1.86. The van der Waals surface area contributed by atoms with Crippen LogP contribution < -0.4 is 4.57 Å². The average molecular weight is 167 g/mol. The van der Waals surface area contributed by atoms with Gasteiger partial charge >= 0.3 is 0 Å². The van der Waals surface area contributed by atoms with E-state index in [1.165, 1.54) is 6.21 Å². The van der Waals surface area contributed by atoms with E-state index in [1.54, 1.807) is 0 Å². The zero-order valence-electron chi connectivity index (χ0n) is 5.73. The summed E-state index contributed by atoms with van der Waals surface area (Å²) in [4.78, 5) is 0. The highest BCUT2D eigenvalue weighted by Gasteiger charge is 1.98. The lowest BCUT2D eigenvalue weighted by molar-refractivity contribution is -0.672. The van der Waals surface area contributed by atoms with Crippen molar-refractivity contribution in [1.29, 1.82) is 0 Å². The molecule has 1 N–H and O–H groups in total. The fraction of sp³-hybridized carbons (Fsp3) is 0.143. The largest absolute Gasteiger partial charge is 0.411 e. The van der Waals surface area contributed by atoms with Crippen LogP contribution in [0.4, 0.5) is 0 Å². The van der Waals surface area contributed by atoms with Gasteiger partial charge in [-0.1, -0.05) is 5.16 Å². The molecular weight excluding hydrogens is 155 g/mol. The smallest absolute Gasteiger partial charge is 0.226 e. The summed E-state index contributed by atoms with van der Waals surface area (Å²) >= 11 is 0. The van der Waals surface area contributed by atoms with Gasteiger partial charge in [-0.2, -0.15) is 0 Å². The van der Waals surface area contributed by atoms with Gasteiger partial charge < -0.3 is 5.21 Å². The molecule has 4 heteroatoms. The lowest BCUT2D eigenvalue weighted by Crippen LogP contribution is -2.32. The highest BCUT2D eigenvalue weighted by atomic mass is 27.0. The summed E-state index contributed by atoms with van der Waals surface area (Å²) in [7, 11) is 1.89. The molecule has 0 aliphatic carbocycles. The molecule has 0 saturated carbocycles. The lowest BCUT2D eigenvalue weighted by Gasteiger charge is -1.88. The summed E-state index contributed by atoms with van der Waals surface area (Å²) in [6, 6.07) is 5.66. The molecule has 0 bridgehead atoms. The Morgan fingerprint density at radius 1 is 1.55 bits per heavy atom. The van der Waals surface area contributed by atoms with Crippen LogP contribution in [-0.2, 0) is 7.05 Å². The Morgan fingerprint density at radius 2 is 2.27 bits per heavy atom. The van der Waals surface area contributed by atoms with Gasteiger partial charge in [0.05, 0.1) is 0 Å².